The van der Waals surface area contributed by atoms with E-state index in [0.717, 1.165) is 9.39 Å². The van der Waals surface area contributed by atoms with Gasteiger partial charge >= 0.3 is 0 Å². The van der Waals surface area contributed by atoms with E-state index in [-0.39, 0.29) is 0 Å². The van der Waals surface area contributed by atoms with E-state index in [0.29, 0.717) is 16.6 Å². The molecule has 3 nitrogen and oxygen atoms in total. The molecule has 0 aliphatic heterocycles. The average Bonchev–Trinajstić information content (AvgIpc) is 2.58. The summed E-state index contributed by atoms with van der Waals surface area (Å²) in [5.74, 6) is 0. The van der Waals surface area contributed by atoms with Crippen molar-refractivity contribution in [2.45, 2.75) is 6.54 Å². The lowest BCUT2D eigenvalue weighted by Gasteiger charge is -2.02. The first-order valence-corrected chi connectivity index (χ1v) is 5.97. The van der Waals surface area contributed by atoms with Crippen LogP contribution in [0.25, 0.3) is 0 Å². The number of benzene rings is 1. The third-order valence-electron chi connectivity index (χ3n) is 1.84. The third kappa shape index (κ3) is 2.83. The van der Waals surface area contributed by atoms with E-state index in [9.17, 15) is 0 Å². The normalized spacial score (nSPS) is 10.6. The third-order valence-corrected chi connectivity index (χ3v) is 3.07. The molecule has 78 valence electrons. The summed E-state index contributed by atoms with van der Waals surface area (Å²) in [6.45, 7) is 0.646. The predicted octanol–water partition coefficient (Wildman–Crippen LogP) is 3.24. The number of rotatable bonds is 2. The largest absolute Gasteiger partial charge is 0.247 e. The Morgan fingerprint density at radius 3 is 2.67 bits per heavy atom. The molecule has 0 bridgehead atoms. The van der Waals surface area contributed by atoms with Crippen molar-refractivity contribution in [1.82, 2.24) is 14.8 Å². The molecule has 6 heteroatoms. The van der Waals surface area contributed by atoms with Crippen LogP contribution in [0.4, 0.5) is 0 Å². The Balaban J connectivity index is 2.21. The summed E-state index contributed by atoms with van der Waals surface area (Å²) >= 11 is 13.8. The second-order valence-electron chi connectivity index (χ2n) is 2.96. The predicted molar refractivity (Wildman–Crippen MR) is 68.3 cm³/mol. The van der Waals surface area contributed by atoms with Crippen LogP contribution < -0.4 is 0 Å². The van der Waals surface area contributed by atoms with Crippen LogP contribution in [0.2, 0.25) is 10.0 Å². The van der Waals surface area contributed by atoms with E-state index in [1.165, 1.54) is 0 Å². The molecule has 15 heavy (non-hydrogen) atoms. The van der Waals surface area contributed by atoms with Crippen molar-refractivity contribution in [2.75, 3.05) is 0 Å². The van der Waals surface area contributed by atoms with Gasteiger partial charge in [0.2, 0.25) is 3.83 Å². The fourth-order valence-corrected chi connectivity index (χ4v) is 1.90. The summed E-state index contributed by atoms with van der Waals surface area (Å²) in [6.07, 6.45) is 1.68. The minimum Gasteiger partial charge on any atom is -0.247 e. The van der Waals surface area contributed by atoms with E-state index < -0.39 is 0 Å². The molecule has 0 fully saturated rings. The average molecular weight is 354 g/mol. The van der Waals surface area contributed by atoms with Crippen molar-refractivity contribution in [3.05, 3.63) is 44.0 Å². The van der Waals surface area contributed by atoms with Crippen LogP contribution >= 0.6 is 45.8 Å². The van der Waals surface area contributed by atoms with Gasteiger partial charge in [0.25, 0.3) is 0 Å². The molecule has 0 saturated heterocycles. The van der Waals surface area contributed by atoms with E-state index in [1.54, 1.807) is 17.1 Å². The maximum atomic E-state index is 5.91. The van der Waals surface area contributed by atoms with Gasteiger partial charge in [-0.1, -0.05) is 29.3 Å². The number of aromatic nitrogens is 3. The lowest BCUT2D eigenvalue weighted by Crippen LogP contribution is -2.00. The summed E-state index contributed by atoms with van der Waals surface area (Å²) in [6, 6.07) is 5.53. The van der Waals surface area contributed by atoms with Gasteiger partial charge in [-0.15, -0.1) is 5.10 Å². The van der Waals surface area contributed by atoms with Gasteiger partial charge in [-0.25, -0.2) is 9.67 Å². The van der Waals surface area contributed by atoms with E-state index in [2.05, 4.69) is 32.7 Å². The Labute approximate surface area is 111 Å². The van der Waals surface area contributed by atoms with E-state index in [1.807, 2.05) is 12.1 Å². The molecule has 0 aliphatic rings. The smallest absolute Gasteiger partial charge is 0.211 e. The Morgan fingerprint density at radius 2 is 2.07 bits per heavy atom. The van der Waals surface area contributed by atoms with E-state index >= 15 is 0 Å². The molecule has 1 aromatic carbocycles. The topological polar surface area (TPSA) is 30.7 Å². The van der Waals surface area contributed by atoms with Crippen LogP contribution in [-0.2, 0) is 6.54 Å². The summed E-state index contributed by atoms with van der Waals surface area (Å²) in [5, 5.41) is 5.30. The highest BCUT2D eigenvalue weighted by molar-refractivity contribution is 14.1. The monoisotopic (exact) mass is 353 g/mol. The van der Waals surface area contributed by atoms with Gasteiger partial charge in [0.15, 0.2) is 0 Å². The van der Waals surface area contributed by atoms with Crippen molar-refractivity contribution < 1.29 is 0 Å². The van der Waals surface area contributed by atoms with Crippen LogP contribution in [0, 0.1) is 3.83 Å². The Bertz CT molecular complexity index is 484. The minimum absolute atomic E-state index is 0.559. The number of hydrogen-bond acceptors (Lipinski definition) is 2. The van der Waals surface area contributed by atoms with Gasteiger partial charge in [0.1, 0.15) is 6.33 Å². The van der Waals surface area contributed by atoms with Crippen molar-refractivity contribution in [3.8, 4) is 0 Å². The summed E-state index contributed by atoms with van der Waals surface area (Å²) in [7, 11) is 0. The van der Waals surface area contributed by atoms with Crippen LogP contribution in [0.1, 0.15) is 5.56 Å². The van der Waals surface area contributed by atoms with Crippen LogP contribution in [0.3, 0.4) is 0 Å². The van der Waals surface area contributed by atoms with Crippen molar-refractivity contribution in [3.63, 3.8) is 0 Å². The van der Waals surface area contributed by atoms with Gasteiger partial charge in [-0.2, -0.15) is 0 Å². The number of nitrogens with zero attached hydrogens (tertiary/aromatic N) is 3. The van der Waals surface area contributed by atoms with Crippen LogP contribution in [0.5, 0.6) is 0 Å². The molecule has 0 saturated carbocycles. The quantitative estimate of drug-likeness (QED) is 0.776. The molecular formula is C9H6Cl2IN3. The molecule has 0 amide bonds. The molecule has 0 atom stereocenters. The number of hydrogen-bond donors (Lipinski definition) is 0. The molecule has 0 N–H and O–H groups in total. The maximum absolute atomic E-state index is 5.91. The van der Waals surface area contributed by atoms with Crippen molar-refractivity contribution >= 4 is 45.8 Å². The number of halogens is 3. The second-order valence-corrected chi connectivity index (χ2v) is 4.74. The molecular weight excluding hydrogens is 348 g/mol. The van der Waals surface area contributed by atoms with Crippen molar-refractivity contribution in [1.29, 1.82) is 0 Å². The van der Waals surface area contributed by atoms with Gasteiger partial charge in [0, 0.05) is 22.6 Å². The first kappa shape index (κ1) is 11.2. The zero-order chi connectivity index (χ0) is 10.8. The molecule has 0 unspecified atom stereocenters. The molecule has 0 radical (unpaired) electrons. The highest BCUT2D eigenvalue weighted by Gasteiger charge is 2.01. The first-order valence-electron chi connectivity index (χ1n) is 4.14. The molecule has 1 aromatic heterocycles. The molecule has 2 rings (SSSR count). The fourth-order valence-electron chi connectivity index (χ4n) is 1.17. The summed E-state index contributed by atoms with van der Waals surface area (Å²) in [5.41, 5.74) is 1.05. The highest BCUT2D eigenvalue weighted by atomic mass is 127. The Morgan fingerprint density at radius 1 is 1.27 bits per heavy atom. The standard InChI is InChI=1S/C9H6Cl2IN3/c10-7-2-1-6(3-8(7)11)4-15-5-13-9(12)14-15/h1-3,5H,4H2. The van der Waals surface area contributed by atoms with Gasteiger partial charge < -0.3 is 0 Å². The lowest BCUT2D eigenvalue weighted by atomic mass is 10.2. The zero-order valence-corrected chi connectivity index (χ0v) is 11.2. The van der Waals surface area contributed by atoms with Gasteiger partial charge in [-0.3, -0.25) is 0 Å². The molecule has 2 aromatic rings. The summed E-state index contributed by atoms with van der Waals surface area (Å²) < 4.78 is 2.48. The van der Waals surface area contributed by atoms with Crippen LogP contribution in [-0.4, -0.2) is 14.8 Å². The Kier molecular flexibility index (Phi) is 3.48. The molecule has 0 spiro atoms. The zero-order valence-electron chi connectivity index (χ0n) is 7.49. The SMILES string of the molecule is Clc1ccc(Cn2cnc(I)n2)cc1Cl. The van der Waals surface area contributed by atoms with E-state index in [4.69, 9.17) is 23.2 Å². The summed E-state index contributed by atoms with van der Waals surface area (Å²) in [4.78, 5) is 4.03. The van der Waals surface area contributed by atoms with Crippen LogP contribution in [0.15, 0.2) is 24.5 Å². The Hall–Kier alpha value is -0.330. The first-order chi connectivity index (χ1) is 7.15. The highest BCUT2D eigenvalue weighted by Crippen LogP contribution is 2.22. The minimum atomic E-state index is 0.559. The molecule has 0 aliphatic carbocycles. The van der Waals surface area contributed by atoms with Gasteiger partial charge in [-0.05, 0) is 17.7 Å². The van der Waals surface area contributed by atoms with Gasteiger partial charge in [0.05, 0.1) is 16.6 Å². The molecule has 1 heterocycles. The second kappa shape index (κ2) is 4.67. The van der Waals surface area contributed by atoms with Crippen molar-refractivity contribution in [2.24, 2.45) is 0 Å². The lowest BCUT2D eigenvalue weighted by molar-refractivity contribution is 0.680. The fraction of sp³-hybridized carbons (Fsp3) is 0.111. The maximum Gasteiger partial charge on any atom is 0.211 e.